The van der Waals surface area contributed by atoms with Gasteiger partial charge in [-0.1, -0.05) is 23.7 Å². The number of hydrogen-bond acceptors (Lipinski definition) is 7. The molecule has 0 fully saturated rings. The van der Waals surface area contributed by atoms with E-state index >= 15 is 0 Å². The van der Waals surface area contributed by atoms with Gasteiger partial charge in [-0.25, -0.2) is 9.78 Å². The third kappa shape index (κ3) is 4.95. The van der Waals surface area contributed by atoms with Crippen molar-refractivity contribution >= 4 is 44.8 Å². The second kappa shape index (κ2) is 9.89. The average Bonchev–Trinajstić information content (AvgIpc) is 3.23. The molecule has 2 aromatic heterocycles. The number of halogens is 1. The molecule has 0 spiro atoms. The molecule has 0 atom stereocenters. The largest absolute Gasteiger partial charge is 0.489 e. The van der Waals surface area contributed by atoms with Gasteiger partial charge in [0.25, 0.3) is 0 Å². The van der Waals surface area contributed by atoms with Gasteiger partial charge in [-0.05, 0) is 54.3 Å². The van der Waals surface area contributed by atoms with Gasteiger partial charge in [-0.15, -0.1) is 11.3 Å². The fourth-order valence-electron chi connectivity index (χ4n) is 3.17. The normalized spacial score (nSPS) is 10.8. The van der Waals surface area contributed by atoms with Crippen molar-refractivity contribution in [1.82, 2.24) is 4.98 Å². The van der Waals surface area contributed by atoms with E-state index in [2.05, 4.69) is 4.98 Å². The Hall–Kier alpha value is -3.29. The van der Waals surface area contributed by atoms with Crippen LogP contribution in [-0.2, 0) is 18.0 Å². The number of carbonyl (C=O) groups excluding carboxylic acids is 1. The van der Waals surface area contributed by atoms with Crippen LogP contribution >= 0.6 is 22.9 Å². The Morgan fingerprint density at radius 1 is 1.09 bits per heavy atom. The van der Waals surface area contributed by atoms with Crippen LogP contribution in [0.2, 0.25) is 5.02 Å². The second-order valence-electron chi connectivity index (χ2n) is 6.92. The SMILES string of the molecule is CCOC(=O)c1cnc(N)c2c(COc3cccc(COc4ccc(Cl)cc4)c3)csc12. The van der Waals surface area contributed by atoms with Crippen LogP contribution in [-0.4, -0.2) is 17.6 Å². The number of nitrogens with zero attached hydrogens (tertiary/aromatic N) is 1. The fourth-order valence-corrected chi connectivity index (χ4v) is 4.36. The first-order valence-electron chi connectivity index (χ1n) is 9.97. The topological polar surface area (TPSA) is 83.7 Å². The zero-order valence-corrected chi connectivity index (χ0v) is 18.9. The number of aromatic nitrogens is 1. The Kier molecular flexibility index (Phi) is 6.78. The summed E-state index contributed by atoms with van der Waals surface area (Å²) < 4.78 is 17.7. The molecule has 0 amide bonds. The number of fused-ring (bicyclic) bond motifs is 1. The highest BCUT2D eigenvalue weighted by Gasteiger charge is 2.18. The van der Waals surface area contributed by atoms with Crippen LogP contribution in [0.15, 0.2) is 60.1 Å². The molecule has 2 heterocycles. The number of pyridine rings is 1. The maximum Gasteiger partial charge on any atom is 0.341 e. The Balaban J connectivity index is 1.46. The van der Waals surface area contributed by atoms with Crippen LogP contribution in [0.5, 0.6) is 11.5 Å². The van der Waals surface area contributed by atoms with E-state index in [0.717, 1.165) is 27.0 Å². The molecule has 0 saturated heterocycles. The summed E-state index contributed by atoms with van der Waals surface area (Å²) >= 11 is 7.33. The lowest BCUT2D eigenvalue weighted by Crippen LogP contribution is -2.06. The van der Waals surface area contributed by atoms with E-state index in [4.69, 9.17) is 31.5 Å². The van der Waals surface area contributed by atoms with Crippen molar-refractivity contribution in [2.75, 3.05) is 12.3 Å². The van der Waals surface area contributed by atoms with Crippen LogP contribution in [0.4, 0.5) is 5.82 Å². The maximum atomic E-state index is 12.2. The van der Waals surface area contributed by atoms with Crippen LogP contribution < -0.4 is 15.2 Å². The molecule has 164 valence electrons. The molecule has 2 aromatic carbocycles. The highest BCUT2D eigenvalue weighted by molar-refractivity contribution is 7.17. The Labute approximate surface area is 194 Å². The minimum atomic E-state index is -0.410. The fraction of sp³-hybridized carbons (Fsp3) is 0.167. The van der Waals surface area contributed by atoms with Crippen molar-refractivity contribution in [3.05, 3.63) is 81.8 Å². The van der Waals surface area contributed by atoms with Crippen molar-refractivity contribution in [2.24, 2.45) is 0 Å². The lowest BCUT2D eigenvalue weighted by Gasteiger charge is -2.10. The minimum Gasteiger partial charge on any atom is -0.489 e. The van der Waals surface area contributed by atoms with Crippen LogP contribution in [0.1, 0.15) is 28.4 Å². The number of esters is 1. The number of anilines is 1. The molecule has 4 aromatic rings. The molecule has 32 heavy (non-hydrogen) atoms. The predicted molar refractivity (Wildman–Crippen MR) is 127 cm³/mol. The summed E-state index contributed by atoms with van der Waals surface area (Å²) in [7, 11) is 0. The third-order valence-electron chi connectivity index (χ3n) is 4.71. The monoisotopic (exact) mass is 468 g/mol. The van der Waals surface area contributed by atoms with E-state index in [0.29, 0.717) is 42.0 Å². The summed E-state index contributed by atoms with van der Waals surface area (Å²) in [6.45, 7) is 2.76. The standard InChI is InChI=1S/C24H21ClN2O4S/c1-2-29-24(28)20-11-27-23(26)21-16(14-32-22(20)21)13-31-19-5-3-4-15(10-19)12-30-18-8-6-17(25)7-9-18/h3-11,14H,2,12-13H2,1H3,(H2,26,27). The summed E-state index contributed by atoms with van der Waals surface area (Å²) in [5.41, 5.74) is 8.35. The van der Waals surface area contributed by atoms with Crippen molar-refractivity contribution < 1.29 is 19.0 Å². The summed E-state index contributed by atoms with van der Waals surface area (Å²) in [4.78, 5) is 16.4. The van der Waals surface area contributed by atoms with Gasteiger partial charge in [-0.2, -0.15) is 0 Å². The van der Waals surface area contributed by atoms with Gasteiger partial charge in [0.15, 0.2) is 0 Å². The first kappa shape index (κ1) is 21.9. The van der Waals surface area contributed by atoms with E-state index in [1.54, 1.807) is 19.1 Å². The number of nitrogen functional groups attached to an aromatic ring is 1. The Bertz CT molecular complexity index is 1240. The summed E-state index contributed by atoms with van der Waals surface area (Å²) in [5.74, 6) is 1.39. The highest BCUT2D eigenvalue weighted by atomic mass is 35.5. The van der Waals surface area contributed by atoms with Crippen LogP contribution in [0, 0.1) is 0 Å². The number of thiophene rings is 1. The molecular formula is C24H21ClN2O4S. The molecular weight excluding hydrogens is 448 g/mol. The van der Waals surface area contributed by atoms with Crippen LogP contribution in [0.3, 0.4) is 0 Å². The second-order valence-corrected chi connectivity index (χ2v) is 8.24. The van der Waals surface area contributed by atoms with E-state index < -0.39 is 5.97 Å². The summed E-state index contributed by atoms with van der Waals surface area (Å²) in [6, 6.07) is 14.9. The van der Waals surface area contributed by atoms with Gasteiger partial charge >= 0.3 is 5.97 Å². The average molecular weight is 469 g/mol. The van der Waals surface area contributed by atoms with Gasteiger partial charge in [-0.3, -0.25) is 0 Å². The molecule has 0 aliphatic heterocycles. The van der Waals surface area contributed by atoms with Gasteiger partial charge in [0, 0.05) is 22.2 Å². The minimum absolute atomic E-state index is 0.291. The number of hydrogen-bond donors (Lipinski definition) is 1. The molecule has 8 heteroatoms. The van der Waals surface area contributed by atoms with Crippen molar-refractivity contribution in [3.8, 4) is 11.5 Å². The quantitative estimate of drug-likeness (QED) is 0.326. The summed E-state index contributed by atoms with van der Waals surface area (Å²) in [5, 5.41) is 3.32. The lowest BCUT2D eigenvalue weighted by molar-refractivity contribution is 0.0528. The van der Waals surface area contributed by atoms with Gasteiger partial charge < -0.3 is 19.9 Å². The molecule has 0 bridgehead atoms. The van der Waals surface area contributed by atoms with Crippen molar-refractivity contribution in [1.29, 1.82) is 0 Å². The van der Waals surface area contributed by atoms with E-state index in [-0.39, 0.29) is 0 Å². The van der Waals surface area contributed by atoms with E-state index in [9.17, 15) is 4.79 Å². The van der Waals surface area contributed by atoms with E-state index in [1.165, 1.54) is 17.5 Å². The Morgan fingerprint density at radius 3 is 2.66 bits per heavy atom. The first-order chi connectivity index (χ1) is 15.5. The van der Waals surface area contributed by atoms with Crippen molar-refractivity contribution in [3.63, 3.8) is 0 Å². The molecule has 0 saturated carbocycles. The molecule has 4 rings (SSSR count). The number of rotatable bonds is 8. The molecule has 6 nitrogen and oxygen atoms in total. The maximum absolute atomic E-state index is 12.2. The van der Waals surface area contributed by atoms with Gasteiger partial charge in [0.1, 0.15) is 30.5 Å². The third-order valence-corrected chi connectivity index (χ3v) is 6.02. The van der Waals surface area contributed by atoms with Gasteiger partial charge in [0.05, 0.1) is 16.9 Å². The molecule has 0 aliphatic carbocycles. The zero-order chi connectivity index (χ0) is 22.5. The zero-order valence-electron chi connectivity index (χ0n) is 17.3. The number of ether oxygens (including phenoxy) is 3. The number of carbonyl (C=O) groups is 1. The Morgan fingerprint density at radius 2 is 1.88 bits per heavy atom. The van der Waals surface area contributed by atoms with Crippen LogP contribution in [0.25, 0.3) is 10.1 Å². The molecule has 0 unspecified atom stereocenters. The highest BCUT2D eigenvalue weighted by Crippen LogP contribution is 2.33. The first-order valence-corrected chi connectivity index (χ1v) is 11.2. The summed E-state index contributed by atoms with van der Waals surface area (Å²) in [6.07, 6.45) is 1.46. The van der Waals surface area contributed by atoms with Gasteiger partial charge in [0.2, 0.25) is 0 Å². The molecule has 0 radical (unpaired) electrons. The molecule has 0 aliphatic rings. The van der Waals surface area contributed by atoms with E-state index in [1.807, 2.05) is 41.8 Å². The smallest absolute Gasteiger partial charge is 0.341 e. The van der Waals surface area contributed by atoms with Crippen molar-refractivity contribution in [2.45, 2.75) is 20.1 Å². The predicted octanol–water partition coefficient (Wildman–Crippen LogP) is 5.87. The number of benzene rings is 2. The number of nitrogens with two attached hydrogens (primary N) is 1. The molecule has 2 N–H and O–H groups in total. The lowest BCUT2D eigenvalue weighted by atomic mass is 10.1.